The average molecular weight is 462 g/mol. The van der Waals surface area contributed by atoms with Gasteiger partial charge in [0.2, 0.25) is 5.88 Å². The summed E-state index contributed by atoms with van der Waals surface area (Å²) in [5.41, 5.74) is 9.36. The number of likely N-dealkylation sites (N-methyl/N-ethyl adjacent to an activating group) is 1. The molecule has 3 aromatic rings. The van der Waals surface area contributed by atoms with Crippen LogP contribution < -0.4 is 10.5 Å². The molecule has 1 aliphatic heterocycles. The standard InChI is InChI=1S/C25H28FN7O/c1-4-5-17(14-33-10-8-32(3)9-11-33)23(28)24-19(13-27)25(30-15-29-24)34-21-7-6-20-18(22(21)26)12-16(2)31-20/h4-7,12,15,23,31H,1,8-11,14,28H2,2-3H3/b17-5-. The van der Waals surface area contributed by atoms with E-state index in [9.17, 15) is 5.26 Å². The van der Waals surface area contributed by atoms with Crippen molar-refractivity contribution in [2.75, 3.05) is 39.8 Å². The number of aromatic amines is 1. The maximum absolute atomic E-state index is 15.1. The molecule has 0 aliphatic carbocycles. The number of ether oxygens (including phenoxy) is 1. The Bertz CT molecular complexity index is 1270. The monoisotopic (exact) mass is 461 g/mol. The predicted molar refractivity (Wildman–Crippen MR) is 129 cm³/mol. The minimum atomic E-state index is -0.669. The summed E-state index contributed by atoms with van der Waals surface area (Å²) in [5.74, 6) is -0.593. The third kappa shape index (κ3) is 4.84. The molecule has 1 atom stereocenters. The van der Waals surface area contributed by atoms with Crippen LogP contribution in [0.15, 0.2) is 48.8 Å². The smallest absolute Gasteiger partial charge is 0.240 e. The molecule has 1 saturated heterocycles. The summed E-state index contributed by atoms with van der Waals surface area (Å²) < 4.78 is 20.8. The van der Waals surface area contributed by atoms with Gasteiger partial charge in [-0.3, -0.25) is 4.90 Å². The van der Waals surface area contributed by atoms with Crippen molar-refractivity contribution in [3.8, 4) is 17.7 Å². The number of nitrogens with one attached hydrogen (secondary N) is 1. The van der Waals surface area contributed by atoms with Crippen molar-refractivity contribution in [1.82, 2.24) is 24.8 Å². The quantitative estimate of drug-likeness (QED) is 0.519. The van der Waals surface area contributed by atoms with Gasteiger partial charge < -0.3 is 20.4 Å². The first-order valence-electron chi connectivity index (χ1n) is 11.1. The van der Waals surface area contributed by atoms with Gasteiger partial charge in [-0.05, 0) is 37.7 Å². The molecule has 0 amide bonds. The van der Waals surface area contributed by atoms with E-state index in [0.29, 0.717) is 23.1 Å². The summed E-state index contributed by atoms with van der Waals surface area (Å²) in [4.78, 5) is 16.1. The van der Waals surface area contributed by atoms with Crippen molar-refractivity contribution in [3.05, 3.63) is 71.6 Å². The Labute approximate surface area is 198 Å². The molecule has 34 heavy (non-hydrogen) atoms. The second-order valence-corrected chi connectivity index (χ2v) is 8.48. The van der Waals surface area contributed by atoms with E-state index < -0.39 is 11.9 Å². The number of halogens is 1. The highest BCUT2D eigenvalue weighted by Crippen LogP contribution is 2.33. The number of benzene rings is 1. The van der Waals surface area contributed by atoms with Gasteiger partial charge in [-0.25, -0.2) is 14.4 Å². The van der Waals surface area contributed by atoms with E-state index >= 15 is 4.39 Å². The molecule has 176 valence electrons. The maximum atomic E-state index is 15.1. The van der Waals surface area contributed by atoms with Crippen molar-refractivity contribution < 1.29 is 9.13 Å². The maximum Gasteiger partial charge on any atom is 0.240 e. The molecule has 2 aromatic heterocycles. The molecule has 1 unspecified atom stereocenters. The molecular formula is C25H28FN7O. The summed E-state index contributed by atoms with van der Waals surface area (Å²) in [6.07, 6.45) is 4.82. The number of rotatable bonds is 7. The van der Waals surface area contributed by atoms with Crippen LogP contribution in [0.2, 0.25) is 0 Å². The van der Waals surface area contributed by atoms with Crippen molar-refractivity contribution in [3.63, 3.8) is 0 Å². The van der Waals surface area contributed by atoms with Crippen molar-refractivity contribution >= 4 is 10.9 Å². The summed E-state index contributed by atoms with van der Waals surface area (Å²) in [5, 5.41) is 10.3. The Balaban J connectivity index is 1.63. The number of H-pyrrole nitrogens is 1. The molecule has 4 rings (SSSR count). The van der Waals surface area contributed by atoms with Crippen molar-refractivity contribution in [1.29, 1.82) is 5.26 Å². The fourth-order valence-electron chi connectivity index (χ4n) is 4.12. The van der Waals surface area contributed by atoms with E-state index in [1.807, 2.05) is 13.0 Å². The number of nitrogens with two attached hydrogens (primary N) is 1. The van der Waals surface area contributed by atoms with E-state index in [-0.39, 0.29) is 17.2 Å². The zero-order valence-electron chi connectivity index (χ0n) is 19.4. The van der Waals surface area contributed by atoms with Crippen LogP contribution in [0.5, 0.6) is 11.6 Å². The zero-order valence-corrected chi connectivity index (χ0v) is 19.4. The van der Waals surface area contributed by atoms with Crippen LogP contribution >= 0.6 is 0 Å². The van der Waals surface area contributed by atoms with Crippen LogP contribution in [0.3, 0.4) is 0 Å². The molecular weight excluding hydrogens is 433 g/mol. The zero-order chi connectivity index (χ0) is 24.2. The molecule has 1 aromatic carbocycles. The van der Waals surface area contributed by atoms with Gasteiger partial charge >= 0.3 is 0 Å². The second kappa shape index (κ2) is 10.1. The Kier molecular flexibility index (Phi) is 7.03. The van der Waals surface area contributed by atoms with Gasteiger partial charge in [-0.15, -0.1) is 0 Å². The van der Waals surface area contributed by atoms with Crippen LogP contribution in [0.4, 0.5) is 4.39 Å². The first-order chi connectivity index (χ1) is 16.4. The van der Waals surface area contributed by atoms with E-state index in [1.54, 1.807) is 18.2 Å². The SMILES string of the molecule is C=C/C=C(/CN1CCN(C)CC1)C(N)c1ncnc(Oc2ccc3[nH]c(C)cc3c2F)c1C#N. The fourth-order valence-corrected chi connectivity index (χ4v) is 4.12. The number of nitrogens with zero attached hydrogens (tertiary/aromatic N) is 5. The topological polar surface area (TPSA) is 107 Å². The van der Waals surface area contributed by atoms with Crippen LogP contribution in [-0.2, 0) is 0 Å². The molecule has 8 nitrogen and oxygen atoms in total. The minimum Gasteiger partial charge on any atom is -0.434 e. The van der Waals surface area contributed by atoms with Crippen molar-refractivity contribution in [2.24, 2.45) is 5.73 Å². The first-order valence-corrected chi connectivity index (χ1v) is 11.1. The third-order valence-electron chi connectivity index (χ3n) is 6.03. The molecule has 0 spiro atoms. The molecule has 1 aliphatic rings. The van der Waals surface area contributed by atoms with Crippen molar-refractivity contribution in [2.45, 2.75) is 13.0 Å². The lowest BCUT2D eigenvalue weighted by Gasteiger charge is -2.33. The lowest BCUT2D eigenvalue weighted by atomic mass is 9.99. The number of piperazine rings is 1. The molecule has 9 heteroatoms. The summed E-state index contributed by atoms with van der Waals surface area (Å²) in [6.45, 7) is 10.1. The predicted octanol–water partition coefficient (Wildman–Crippen LogP) is 3.43. The van der Waals surface area contributed by atoms with Gasteiger partial charge in [0, 0.05) is 49.3 Å². The van der Waals surface area contributed by atoms with E-state index in [0.717, 1.165) is 37.4 Å². The Morgan fingerprint density at radius 1 is 1.35 bits per heavy atom. The van der Waals surface area contributed by atoms with Crippen LogP contribution in [0, 0.1) is 24.1 Å². The van der Waals surface area contributed by atoms with E-state index in [1.165, 1.54) is 12.4 Å². The molecule has 3 heterocycles. The van der Waals surface area contributed by atoms with E-state index in [2.05, 4.69) is 44.4 Å². The lowest BCUT2D eigenvalue weighted by molar-refractivity contribution is 0.162. The highest BCUT2D eigenvalue weighted by atomic mass is 19.1. The van der Waals surface area contributed by atoms with Gasteiger partial charge in [0.15, 0.2) is 11.6 Å². The molecule has 0 bridgehead atoms. The van der Waals surface area contributed by atoms with Crippen LogP contribution in [0.1, 0.15) is 23.0 Å². The fraction of sp³-hybridized carbons (Fsp3) is 0.320. The van der Waals surface area contributed by atoms with Gasteiger partial charge in [0.25, 0.3) is 0 Å². The second-order valence-electron chi connectivity index (χ2n) is 8.48. The largest absolute Gasteiger partial charge is 0.434 e. The number of nitriles is 1. The number of aryl methyl sites for hydroxylation is 1. The van der Waals surface area contributed by atoms with Gasteiger partial charge in [-0.2, -0.15) is 5.26 Å². The first kappa shape index (κ1) is 23.6. The molecule has 0 saturated carbocycles. The van der Waals surface area contributed by atoms with Crippen LogP contribution in [0.25, 0.3) is 10.9 Å². The number of hydrogen-bond donors (Lipinski definition) is 2. The van der Waals surface area contributed by atoms with Crippen LogP contribution in [-0.4, -0.2) is 64.5 Å². The summed E-state index contributed by atoms with van der Waals surface area (Å²) >= 11 is 0. The average Bonchev–Trinajstić information content (AvgIpc) is 3.22. The Morgan fingerprint density at radius 2 is 2.12 bits per heavy atom. The Morgan fingerprint density at radius 3 is 2.82 bits per heavy atom. The molecule has 3 N–H and O–H groups in total. The minimum absolute atomic E-state index is 0.0273. The number of allylic oxidation sites excluding steroid dienone is 2. The van der Waals surface area contributed by atoms with Gasteiger partial charge in [-0.1, -0.05) is 18.7 Å². The molecule has 1 fully saturated rings. The summed E-state index contributed by atoms with van der Waals surface area (Å²) in [6, 6.07) is 6.37. The lowest BCUT2D eigenvalue weighted by Crippen LogP contribution is -2.45. The number of aromatic nitrogens is 3. The highest BCUT2D eigenvalue weighted by Gasteiger charge is 2.25. The molecule has 0 radical (unpaired) electrons. The Hall–Kier alpha value is -3.58. The number of fused-ring (bicyclic) bond motifs is 1. The number of hydrogen-bond acceptors (Lipinski definition) is 7. The van der Waals surface area contributed by atoms with E-state index in [4.69, 9.17) is 10.5 Å². The third-order valence-corrected chi connectivity index (χ3v) is 6.03. The summed E-state index contributed by atoms with van der Waals surface area (Å²) in [7, 11) is 2.10. The van der Waals surface area contributed by atoms with Gasteiger partial charge in [0.1, 0.15) is 18.0 Å². The van der Waals surface area contributed by atoms with Gasteiger partial charge in [0.05, 0.1) is 11.7 Å². The normalized spacial score (nSPS) is 16.4. The highest BCUT2D eigenvalue weighted by molar-refractivity contribution is 5.82.